The van der Waals surface area contributed by atoms with Crippen molar-refractivity contribution >= 4 is 38.8 Å². The second-order valence-corrected chi connectivity index (χ2v) is 4.52. The van der Waals surface area contributed by atoms with Crippen molar-refractivity contribution in [3.63, 3.8) is 0 Å². The summed E-state index contributed by atoms with van der Waals surface area (Å²) in [5.41, 5.74) is 0.769. The number of ketones is 1. The maximum absolute atomic E-state index is 11.6. The summed E-state index contributed by atoms with van der Waals surface area (Å²) in [6, 6.07) is 7.74. The van der Waals surface area contributed by atoms with Gasteiger partial charge in [-0.1, -0.05) is 18.2 Å². The van der Waals surface area contributed by atoms with Crippen molar-refractivity contribution in [3.8, 4) is 0 Å². The standard InChI is InChI=1S/C11H7NO2S/c1-12-8-6-4-2-3-5-7(6)15-10(8)9(13)11(12)14/h2-5H,1H3. The Kier molecular flexibility index (Phi) is 1.53. The second kappa shape index (κ2) is 2.67. The number of amides is 1. The van der Waals surface area contributed by atoms with Crippen LogP contribution < -0.4 is 4.90 Å². The van der Waals surface area contributed by atoms with E-state index in [0.717, 1.165) is 15.8 Å². The fourth-order valence-electron chi connectivity index (χ4n) is 1.87. The number of hydrogen-bond acceptors (Lipinski definition) is 3. The van der Waals surface area contributed by atoms with Crippen LogP contribution in [0.5, 0.6) is 0 Å². The number of Topliss-reactive ketones (excluding diaryl/α,β-unsaturated/α-hetero) is 1. The highest BCUT2D eigenvalue weighted by Crippen LogP contribution is 2.41. The minimum atomic E-state index is -0.429. The lowest BCUT2D eigenvalue weighted by Gasteiger charge is -2.07. The third-order valence-corrected chi connectivity index (χ3v) is 3.77. The molecule has 0 saturated carbocycles. The van der Waals surface area contributed by atoms with Gasteiger partial charge in [-0.15, -0.1) is 11.3 Å². The second-order valence-electron chi connectivity index (χ2n) is 3.47. The highest BCUT2D eigenvalue weighted by molar-refractivity contribution is 7.22. The third kappa shape index (κ3) is 0.942. The molecule has 1 aromatic heterocycles. The van der Waals surface area contributed by atoms with Gasteiger partial charge in [-0.05, 0) is 6.07 Å². The average molecular weight is 217 g/mol. The molecule has 0 aliphatic carbocycles. The van der Waals surface area contributed by atoms with E-state index in [1.807, 2.05) is 24.3 Å². The van der Waals surface area contributed by atoms with E-state index in [1.165, 1.54) is 16.2 Å². The topological polar surface area (TPSA) is 37.4 Å². The van der Waals surface area contributed by atoms with Gasteiger partial charge in [0.15, 0.2) is 0 Å². The molecule has 0 spiro atoms. The summed E-state index contributed by atoms with van der Waals surface area (Å²) in [7, 11) is 1.64. The van der Waals surface area contributed by atoms with Gasteiger partial charge in [0.2, 0.25) is 0 Å². The molecule has 1 aliphatic heterocycles. The lowest BCUT2D eigenvalue weighted by molar-refractivity contribution is -0.114. The van der Waals surface area contributed by atoms with E-state index >= 15 is 0 Å². The molecule has 0 fully saturated rings. The molecule has 15 heavy (non-hydrogen) atoms. The maximum Gasteiger partial charge on any atom is 0.300 e. The van der Waals surface area contributed by atoms with Crippen molar-refractivity contribution in [2.75, 3.05) is 11.9 Å². The average Bonchev–Trinajstić information content (AvgIpc) is 2.72. The molecule has 3 rings (SSSR count). The van der Waals surface area contributed by atoms with Crippen molar-refractivity contribution in [3.05, 3.63) is 29.1 Å². The van der Waals surface area contributed by atoms with E-state index in [2.05, 4.69) is 0 Å². The van der Waals surface area contributed by atoms with Gasteiger partial charge in [0, 0.05) is 17.1 Å². The Morgan fingerprint density at radius 1 is 1.20 bits per heavy atom. The highest BCUT2D eigenvalue weighted by Gasteiger charge is 2.36. The van der Waals surface area contributed by atoms with Crippen molar-refractivity contribution in [1.29, 1.82) is 0 Å². The molecule has 0 bridgehead atoms. The Labute approximate surface area is 89.9 Å². The summed E-state index contributed by atoms with van der Waals surface area (Å²) < 4.78 is 1.05. The van der Waals surface area contributed by atoms with Crippen molar-refractivity contribution < 1.29 is 9.59 Å². The first-order valence-corrected chi connectivity index (χ1v) is 5.35. The third-order valence-electron chi connectivity index (χ3n) is 2.61. The van der Waals surface area contributed by atoms with Gasteiger partial charge < -0.3 is 4.90 Å². The van der Waals surface area contributed by atoms with Crippen LogP contribution in [0.2, 0.25) is 0 Å². The Morgan fingerprint density at radius 2 is 1.93 bits per heavy atom. The number of hydrogen-bond donors (Lipinski definition) is 0. The van der Waals surface area contributed by atoms with Gasteiger partial charge in [-0.3, -0.25) is 9.59 Å². The number of rotatable bonds is 0. The van der Waals surface area contributed by atoms with E-state index in [9.17, 15) is 9.59 Å². The Morgan fingerprint density at radius 3 is 2.73 bits per heavy atom. The molecule has 0 unspecified atom stereocenters. The molecule has 1 amide bonds. The van der Waals surface area contributed by atoms with Crippen LogP contribution in [0.1, 0.15) is 9.67 Å². The van der Waals surface area contributed by atoms with E-state index in [4.69, 9.17) is 0 Å². The number of nitrogens with zero attached hydrogens (tertiary/aromatic N) is 1. The summed E-state index contributed by atoms with van der Waals surface area (Å²) >= 11 is 1.39. The van der Waals surface area contributed by atoms with Gasteiger partial charge in [0.05, 0.1) is 5.69 Å². The molecule has 0 N–H and O–H groups in total. The highest BCUT2D eigenvalue weighted by atomic mass is 32.1. The number of thiophene rings is 1. The fourth-order valence-corrected chi connectivity index (χ4v) is 3.03. The lowest BCUT2D eigenvalue weighted by atomic mass is 10.2. The van der Waals surface area contributed by atoms with E-state index in [0.29, 0.717) is 4.88 Å². The number of likely N-dealkylation sites (N-methyl/N-ethyl adjacent to an activating group) is 1. The Balaban J connectivity index is 2.43. The first-order chi connectivity index (χ1) is 7.20. The zero-order valence-electron chi connectivity index (χ0n) is 7.98. The molecular formula is C11H7NO2S. The molecule has 1 aliphatic rings. The molecule has 4 heteroatoms. The number of fused-ring (bicyclic) bond motifs is 3. The molecule has 0 atom stereocenters. The summed E-state index contributed by atoms with van der Waals surface area (Å²) in [4.78, 5) is 25.1. The SMILES string of the molecule is CN1C(=O)C(=O)c2sc3ccccc3c21. The predicted molar refractivity (Wildman–Crippen MR) is 59.6 cm³/mol. The molecule has 2 heterocycles. The van der Waals surface area contributed by atoms with Crippen molar-refractivity contribution in [2.24, 2.45) is 0 Å². The monoisotopic (exact) mass is 217 g/mol. The summed E-state index contributed by atoms with van der Waals surface area (Å²) in [5.74, 6) is -0.810. The minimum absolute atomic E-state index is 0.381. The molecule has 0 saturated heterocycles. The minimum Gasteiger partial charge on any atom is -0.306 e. The summed E-state index contributed by atoms with van der Waals surface area (Å²) in [6.07, 6.45) is 0. The molecule has 2 aromatic rings. The zero-order valence-corrected chi connectivity index (χ0v) is 8.80. The number of carbonyl (C=O) groups is 2. The normalized spacial score (nSPS) is 15.1. The Hall–Kier alpha value is -1.68. The molecule has 3 nitrogen and oxygen atoms in total. The first kappa shape index (κ1) is 8.61. The van der Waals surface area contributed by atoms with Crippen LogP contribution in [0.15, 0.2) is 24.3 Å². The van der Waals surface area contributed by atoms with Crippen LogP contribution in [0.3, 0.4) is 0 Å². The van der Waals surface area contributed by atoms with Crippen LogP contribution in [-0.2, 0) is 4.79 Å². The fraction of sp³-hybridized carbons (Fsp3) is 0.0909. The molecular weight excluding hydrogens is 210 g/mol. The van der Waals surface area contributed by atoms with E-state index in [1.54, 1.807) is 7.05 Å². The first-order valence-electron chi connectivity index (χ1n) is 4.54. The van der Waals surface area contributed by atoms with Crippen LogP contribution in [0, 0.1) is 0 Å². The van der Waals surface area contributed by atoms with Crippen molar-refractivity contribution in [1.82, 2.24) is 0 Å². The van der Waals surface area contributed by atoms with E-state index < -0.39 is 5.91 Å². The van der Waals surface area contributed by atoms with Crippen LogP contribution >= 0.6 is 11.3 Å². The predicted octanol–water partition coefficient (Wildman–Crippen LogP) is 2.06. The maximum atomic E-state index is 11.6. The summed E-state index contributed by atoms with van der Waals surface area (Å²) in [6.45, 7) is 0. The van der Waals surface area contributed by atoms with Gasteiger partial charge in [-0.2, -0.15) is 0 Å². The quantitative estimate of drug-likeness (QED) is 0.633. The van der Waals surface area contributed by atoms with Crippen LogP contribution in [-0.4, -0.2) is 18.7 Å². The van der Waals surface area contributed by atoms with Crippen LogP contribution in [0.4, 0.5) is 5.69 Å². The van der Waals surface area contributed by atoms with Gasteiger partial charge in [0.25, 0.3) is 11.7 Å². The van der Waals surface area contributed by atoms with Crippen LogP contribution in [0.25, 0.3) is 10.1 Å². The number of anilines is 1. The van der Waals surface area contributed by atoms with Crippen molar-refractivity contribution in [2.45, 2.75) is 0 Å². The summed E-state index contributed by atoms with van der Waals surface area (Å²) in [5, 5.41) is 0.985. The number of carbonyl (C=O) groups excluding carboxylic acids is 2. The zero-order chi connectivity index (χ0) is 10.6. The van der Waals surface area contributed by atoms with Gasteiger partial charge in [-0.25, -0.2) is 0 Å². The largest absolute Gasteiger partial charge is 0.306 e. The molecule has 0 radical (unpaired) electrons. The Bertz CT molecular complexity index is 600. The molecule has 1 aromatic carbocycles. The smallest absolute Gasteiger partial charge is 0.300 e. The van der Waals surface area contributed by atoms with Gasteiger partial charge in [0.1, 0.15) is 4.88 Å². The number of benzene rings is 1. The van der Waals surface area contributed by atoms with E-state index in [-0.39, 0.29) is 5.78 Å². The molecule has 74 valence electrons. The lowest BCUT2D eigenvalue weighted by Crippen LogP contribution is -2.25. The van der Waals surface area contributed by atoms with Gasteiger partial charge >= 0.3 is 0 Å².